The van der Waals surface area contributed by atoms with E-state index in [1.165, 1.54) is 0 Å². The number of piperidine rings is 1. The van der Waals surface area contributed by atoms with Gasteiger partial charge in [-0.3, -0.25) is 4.79 Å². The smallest absolute Gasteiger partial charge is 0.339 e. The molecule has 0 N–H and O–H groups in total. The Morgan fingerprint density at radius 2 is 1.59 bits per heavy atom. The molecule has 2 aromatic rings. The molecule has 2 aliphatic heterocycles. The summed E-state index contributed by atoms with van der Waals surface area (Å²) in [5, 5.41) is 0.691. The van der Waals surface area contributed by atoms with E-state index >= 15 is 0 Å². The third kappa shape index (κ3) is 2.88. The van der Waals surface area contributed by atoms with E-state index in [9.17, 15) is 9.59 Å². The van der Waals surface area contributed by atoms with Gasteiger partial charge in [-0.05, 0) is 36.6 Å². The molecule has 2 fully saturated rings. The molecule has 5 rings (SSSR count). The normalized spacial score (nSPS) is 21.8. The Morgan fingerprint density at radius 3 is 2.28 bits per heavy atom. The second kappa shape index (κ2) is 6.88. The molecule has 5 heteroatoms. The van der Waals surface area contributed by atoms with E-state index in [2.05, 4.69) is 0 Å². The number of hydrogen-bond donors (Lipinski definition) is 0. The first-order chi connectivity index (χ1) is 14.0. The lowest BCUT2D eigenvalue weighted by Crippen LogP contribution is -2.51. The fourth-order valence-corrected chi connectivity index (χ4v) is 5.59. The van der Waals surface area contributed by atoms with Crippen molar-refractivity contribution in [3.8, 4) is 0 Å². The van der Waals surface area contributed by atoms with Gasteiger partial charge in [-0.15, -0.1) is 0 Å². The fourth-order valence-electron chi connectivity index (χ4n) is 5.46. The molecule has 29 heavy (non-hydrogen) atoms. The van der Waals surface area contributed by atoms with E-state index in [-0.39, 0.29) is 11.9 Å². The van der Waals surface area contributed by atoms with Crippen LogP contribution in [-0.2, 0) is 20.5 Å². The number of amides is 1. The van der Waals surface area contributed by atoms with Gasteiger partial charge in [0.2, 0.25) is 5.91 Å². The van der Waals surface area contributed by atoms with E-state index in [1.54, 1.807) is 0 Å². The van der Waals surface area contributed by atoms with Crippen molar-refractivity contribution in [2.45, 2.75) is 49.5 Å². The van der Waals surface area contributed by atoms with Gasteiger partial charge < -0.3 is 9.64 Å². The third-order valence-electron chi connectivity index (χ3n) is 7.05. The number of ether oxygens (including phenoxy) is 1. The zero-order chi connectivity index (χ0) is 20.1. The van der Waals surface area contributed by atoms with Crippen molar-refractivity contribution in [3.63, 3.8) is 0 Å². The fraction of sp³-hybridized carbons (Fsp3) is 0.417. The highest BCUT2D eigenvalue weighted by Crippen LogP contribution is 2.47. The number of fused-ring (bicyclic) bond motifs is 2. The summed E-state index contributed by atoms with van der Waals surface area (Å²) in [5.74, 6) is -0.0291. The number of nitrogens with zero attached hydrogens (tertiary/aromatic N) is 1. The number of halogens is 1. The first-order valence-corrected chi connectivity index (χ1v) is 10.8. The second-order valence-electron chi connectivity index (χ2n) is 8.52. The lowest BCUT2D eigenvalue weighted by atomic mass is 9.76. The lowest BCUT2D eigenvalue weighted by Gasteiger charge is -2.42. The predicted molar refractivity (Wildman–Crippen MR) is 111 cm³/mol. The number of carbonyl (C=O) groups excluding carboxylic acids is 2. The Labute approximate surface area is 175 Å². The van der Waals surface area contributed by atoms with Crippen LogP contribution in [0.2, 0.25) is 5.02 Å². The van der Waals surface area contributed by atoms with Crippen LogP contribution in [0.15, 0.2) is 48.5 Å². The Hall–Kier alpha value is -2.33. The molecule has 0 radical (unpaired) electrons. The van der Waals surface area contributed by atoms with E-state index in [0.29, 0.717) is 36.5 Å². The minimum absolute atomic E-state index is 0.213. The van der Waals surface area contributed by atoms with E-state index in [4.69, 9.17) is 16.3 Å². The number of esters is 1. The van der Waals surface area contributed by atoms with E-state index < -0.39 is 11.0 Å². The van der Waals surface area contributed by atoms with Gasteiger partial charge in [-0.2, -0.15) is 0 Å². The van der Waals surface area contributed by atoms with Crippen molar-refractivity contribution in [1.29, 1.82) is 0 Å². The molecule has 2 aromatic carbocycles. The maximum atomic E-state index is 13.7. The Morgan fingerprint density at radius 1 is 0.931 bits per heavy atom. The van der Waals surface area contributed by atoms with E-state index in [0.717, 1.165) is 36.8 Å². The maximum Gasteiger partial charge on any atom is 0.339 e. The zero-order valence-corrected chi connectivity index (χ0v) is 17.1. The Balaban J connectivity index is 1.39. The highest BCUT2D eigenvalue weighted by molar-refractivity contribution is 6.30. The van der Waals surface area contributed by atoms with Crippen LogP contribution in [-0.4, -0.2) is 29.9 Å². The maximum absolute atomic E-state index is 13.7. The molecule has 150 valence electrons. The summed E-state index contributed by atoms with van der Waals surface area (Å²) >= 11 is 6.08. The van der Waals surface area contributed by atoms with Crippen molar-refractivity contribution in [2.75, 3.05) is 13.1 Å². The topological polar surface area (TPSA) is 46.6 Å². The summed E-state index contributed by atoms with van der Waals surface area (Å²) in [5.41, 5.74) is 1.70. The molecule has 0 bridgehead atoms. The summed E-state index contributed by atoms with van der Waals surface area (Å²) in [6, 6.07) is 15.4. The molecular formula is C24H24ClNO3. The van der Waals surface area contributed by atoms with Crippen LogP contribution in [0.25, 0.3) is 0 Å². The molecule has 0 unspecified atom stereocenters. The summed E-state index contributed by atoms with van der Waals surface area (Å²) in [6.07, 6.45) is 5.20. The van der Waals surface area contributed by atoms with Crippen molar-refractivity contribution >= 4 is 23.5 Å². The molecule has 1 saturated carbocycles. The van der Waals surface area contributed by atoms with Gasteiger partial charge >= 0.3 is 5.97 Å². The van der Waals surface area contributed by atoms with Gasteiger partial charge in [0.05, 0.1) is 11.0 Å². The summed E-state index contributed by atoms with van der Waals surface area (Å²) < 4.78 is 5.85. The van der Waals surface area contributed by atoms with Crippen LogP contribution < -0.4 is 0 Å². The molecule has 1 spiro atoms. The van der Waals surface area contributed by atoms with Crippen LogP contribution >= 0.6 is 11.6 Å². The standard InChI is InChI=1S/C24H24ClNO3/c25-18-9-7-17(8-10-18)23(11-3-4-12-23)22(28)26-15-13-24(14-16-26)20-6-2-1-5-19(20)21(27)29-24/h1-2,5-10H,3-4,11-16H2. The van der Waals surface area contributed by atoms with Gasteiger partial charge in [-0.1, -0.05) is 54.8 Å². The van der Waals surface area contributed by atoms with Crippen LogP contribution in [0.3, 0.4) is 0 Å². The number of hydrogen-bond acceptors (Lipinski definition) is 3. The zero-order valence-electron chi connectivity index (χ0n) is 16.3. The minimum Gasteiger partial charge on any atom is -0.450 e. The van der Waals surface area contributed by atoms with Crippen LogP contribution in [0.4, 0.5) is 0 Å². The molecule has 0 atom stereocenters. The third-order valence-corrected chi connectivity index (χ3v) is 7.30. The van der Waals surface area contributed by atoms with Crippen molar-refractivity contribution < 1.29 is 14.3 Å². The predicted octanol–water partition coefficient (Wildman–Crippen LogP) is 4.84. The Bertz CT molecular complexity index is 954. The minimum atomic E-state index is -0.576. The monoisotopic (exact) mass is 409 g/mol. The molecule has 0 aromatic heterocycles. The van der Waals surface area contributed by atoms with Crippen LogP contribution in [0.5, 0.6) is 0 Å². The second-order valence-corrected chi connectivity index (χ2v) is 8.95. The number of benzene rings is 2. The SMILES string of the molecule is O=C1OC2(CCN(C(=O)C3(c4ccc(Cl)cc4)CCCC3)CC2)c2ccccc21. The van der Waals surface area contributed by atoms with Gasteiger partial charge in [0.25, 0.3) is 0 Å². The van der Waals surface area contributed by atoms with Gasteiger partial charge in [0, 0.05) is 36.5 Å². The number of likely N-dealkylation sites (tertiary alicyclic amines) is 1. The highest BCUT2D eigenvalue weighted by atomic mass is 35.5. The molecule has 3 aliphatic rings. The van der Waals surface area contributed by atoms with Crippen LogP contribution in [0, 0.1) is 0 Å². The van der Waals surface area contributed by atoms with Gasteiger partial charge in [0.15, 0.2) is 0 Å². The average Bonchev–Trinajstić information content (AvgIpc) is 3.34. The molecule has 1 aliphatic carbocycles. The van der Waals surface area contributed by atoms with Crippen molar-refractivity contribution in [2.24, 2.45) is 0 Å². The van der Waals surface area contributed by atoms with Crippen LogP contribution in [0.1, 0.15) is 60.0 Å². The number of rotatable bonds is 2. The summed E-state index contributed by atoms with van der Waals surface area (Å²) in [4.78, 5) is 28.0. The Kier molecular flexibility index (Phi) is 4.43. The quantitative estimate of drug-likeness (QED) is 0.667. The highest BCUT2D eigenvalue weighted by Gasteiger charge is 2.50. The molecule has 2 heterocycles. The lowest BCUT2D eigenvalue weighted by molar-refractivity contribution is -0.141. The molecule has 4 nitrogen and oxygen atoms in total. The van der Waals surface area contributed by atoms with Gasteiger partial charge in [-0.25, -0.2) is 4.79 Å². The van der Waals surface area contributed by atoms with E-state index in [1.807, 2.05) is 53.4 Å². The summed E-state index contributed by atoms with van der Waals surface area (Å²) in [7, 11) is 0. The van der Waals surface area contributed by atoms with Gasteiger partial charge in [0.1, 0.15) is 5.60 Å². The van der Waals surface area contributed by atoms with Crippen molar-refractivity contribution in [1.82, 2.24) is 4.90 Å². The molecule has 1 amide bonds. The summed E-state index contributed by atoms with van der Waals surface area (Å²) in [6.45, 7) is 1.21. The molecule has 1 saturated heterocycles. The first kappa shape index (κ1) is 18.7. The average molecular weight is 410 g/mol. The molecular weight excluding hydrogens is 386 g/mol. The number of carbonyl (C=O) groups is 2. The van der Waals surface area contributed by atoms with Crippen molar-refractivity contribution in [3.05, 3.63) is 70.2 Å². The first-order valence-electron chi connectivity index (χ1n) is 10.4. The largest absolute Gasteiger partial charge is 0.450 e.